The van der Waals surface area contributed by atoms with Gasteiger partial charge in [0.05, 0.1) is 24.2 Å². The van der Waals surface area contributed by atoms with E-state index in [1.165, 1.54) is 0 Å². The lowest BCUT2D eigenvalue weighted by molar-refractivity contribution is 0.0907. The van der Waals surface area contributed by atoms with Crippen LogP contribution in [0.3, 0.4) is 0 Å². The predicted octanol–water partition coefficient (Wildman–Crippen LogP) is 5.07. The van der Waals surface area contributed by atoms with Crippen molar-refractivity contribution in [3.05, 3.63) is 40.8 Å². The molecule has 3 aliphatic heterocycles. The smallest absolute Gasteiger partial charge is 0.461 e. The van der Waals surface area contributed by atoms with Gasteiger partial charge in [0.1, 0.15) is 29.8 Å². The third-order valence-electron chi connectivity index (χ3n) is 8.67. The number of fused-ring (bicyclic) bond motifs is 2. The molecule has 10 nitrogen and oxygen atoms in total. The van der Waals surface area contributed by atoms with Crippen LogP contribution >= 0.6 is 11.6 Å². The zero-order valence-corrected chi connectivity index (χ0v) is 24.7. The van der Waals surface area contributed by atoms with Crippen LogP contribution in [0.5, 0.6) is 6.01 Å². The molecule has 3 fully saturated rings. The first-order valence-corrected chi connectivity index (χ1v) is 15.1. The Balaban J connectivity index is 1.38. The summed E-state index contributed by atoms with van der Waals surface area (Å²) in [5, 5.41) is 13.0. The van der Waals surface area contributed by atoms with E-state index in [0.29, 0.717) is 72.3 Å². The number of nitrogens with one attached hydrogen (secondary N) is 1. The lowest BCUT2D eigenvalue weighted by Gasteiger charge is -2.33. The summed E-state index contributed by atoms with van der Waals surface area (Å²) in [5.74, 6) is 0.217. The molecule has 0 saturated carbocycles. The minimum absolute atomic E-state index is 0.0186. The van der Waals surface area contributed by atoms with Crippen LogP contribution in [0.1, 0.15) is 38.2 Å². The maximum atomic E-state index is 16.5. The molecule has 3 aliphatic rings. The van der Waals surface area contributed by atoms with Crippen LogP contribution in [0.4, 0.5) is 19.4 Å². The molecule has 13 heteroatoms. The number of rotatable bonds is 9. The van der Waals surface area contributed by atoms with Crippen molar-refractivity contribution >= 4 is 34.5 Å². The molecule has 3 atom stereocenters. The number of anilines is 1. The van der Waals surface area contributed by atoms with Gasteiger partial charge in [-0.15, -0.1) is 0 Å². The summed E-state index contributed by atoms with van der Waals surface area (Å²) in [6, 6.07) is 5.18. The number of hydrogen-bond donors (Lipinski definition) is 2. The first-order valence-electron chi connectivity index (χ1n) is 14.7. The minimum Gasteiger partial charge on any atom is -0.461 e. The van der Waals surface area contributed by atoms with Gasteiger partial charge in [-0.3, -0.25) is 15.2 Å². The van der Waals surface area contributed by atoms with Crippen molar-refractivity contribution in [2.75, 3.05) is 51.0 Å². The lowest BCUT2D eigenvalue weighted by Crippen LogP contribution is -2.46. The van der Waals surface area contributed by atoms with Crippen LogP contribution < -0.4 is 15.0 Å². The van der Waals surface area contributed by atoms with Gasteiger partial charge in [0.15, 0.2) is 5.82 Å². The molecule has 5 heterocycles. The Bertz CT molecular complexity index is 1520. The van der Waals surface area contributed by atoms with E-state index in [4.69, 9.17) is 26.4 Å². The van der Waals surface area contributed by atoms with Gasteiger partial charge in [-0.2, -0.15) is 9.97 Å². The van der Waals surface area contributed by atoms with Crippen LogP contribution in [0.25, 0.3) is 22.2 Å². The van der Waals surface area contributed by atoms with Gasteiger partial charge in [0, 0.05) is 42.8 Å². The van der Waals surface area contributed by atoms with Crippen LogP contribution in [0, 0.1) is 11.7 Å². The number of pyridine rings is 1. The van der Waals surface area contributed by atoms with E-state index in [-0.39, 0.29) is 30.4 Å². The molecule has 3 aromatic rings. The van der Waals surface area contributed by atoms with E-state index in [9.17, 15) is 9.18 Å². The molecule has 2 aromatic heterocycles. The van der Waals surface area contributed by atoms with Gasteiger partial charge >= 0.3 is 12.2 Å². The van der Waals surface area contributed by atoms with Gasteiger partial charge < -0.3 is 19.5 Å². The molecule has 3 saturated heterocycles. The van der Waals surface area contributed by atoms with Gasteiger partial charge in [-0.25, -0.2) is 13.6 Å². The van der Waals surface area contributed by atoms with Crippen LogP contribution in [-0.2, 0) is 11.2 Å². The van der Waals surface area contributed by atoms with Gasteiger partial charge in [0.25, 0.3) is 0 Å². The molecule has 43 heavy (non-hydrogen) atoms. The maximum absolute atomic E-state index is 16.5. The Morgan fingerprint density at radius 3 is 2.98 bits per heavy atom. The van der Waals surface area contributed by atoms with E-state index >= 15 is 4.39 Å². The Hall–Kier alpha value is -3.35. The van der Waals surface area contributed by atoms with Crippen molar-refractivity contribution in [3.8, 4) is 17.3 Å². The van der Waals surface area contributed by atoms with Crippen LogP contribution in [0.15, 0.2) is 24.4 Å². The van der Waals surface area contributed by atoms with Crippen molar-refractivity contribution in [2.24, 2.45) is 5.92 Å². The van der Waals surface area contributed by atoms with E-state index in [1.807, 2.05) is 4.90 Å². The second-order valence-corrected chi connectivity index (χ2v) is 12.2. The lowest BCUT2D eigenvalue weighted by atomic mass is 9.95. The number of carboxylic acid groups (broad SMARTS) is 1. The highest BCUT2D eigenvalue weighted by Gasteiger charge is 2.49. The van der Waals surface area contributed by atoms with Crippen molar-refractivity contribution < 1.29 is 28.2 Å². The molecule has 0 aliphatic carbocycles. The molecule has 0 bridgehead atoms. The summed E-state index contributed by atoms with van der Waals surface area (Å²) in [6.07, 6.45) is 2.25. The fraction of sp³-hybridized carbons (Fsp3) is 0.533. The van der Waals surface area contributed by atoms with Crippen LogP contribution in [0.2, 0.25) is 5.02 Å². The Labute approximate surface area is 253 Å². The standard InChI is InChI=1S/C30H35ClF2N6O4/c1-18-12-34-17-38(14-18)27-22-13-35-25(21-5-2-7-23(31)20(21)6-3-10-42-29(40)41)24(33)26(22)36-28(37-27)43-16-30-8-4-9-39(30)15-19(32)11-30/h2,5,7,13,18-19,34H,3-4,6,8-12,14-17H2,1H3,(H,40,41)/t18-,19-,30+/m1/s1. The summed E-state index contributed by atoms with van der Waals surface area (Å²) in [7, 11) is 0. The first-order chi connectivity index (χ1) is 20.7. The van der Waals surface area contributed by atoms with Crippen molar-refractivity contribution in [2.45, 2.75) is 50.7 Å². The highest BCUT2D eigenvalue weighted by Crippen LogP contribution is 2.41. The molecule has 0 radical (unpaired) electrons. The molecule has 0 spiro atoms. The van der Waals surface area contributed by atoms with E-state index < -0.39 is 23.7 Å². The third-order valence-corrected chi connectivity index (χ3v) is 9.03. The van der Waals surface area contributed by atoms with Crippen molar-refractivity contribution in [1.82, 2.24) is 25.2 Å². The number of aromatic nitrogens is 3. The summed E-state index contributed by atoms with van der Waals surface area (Å²) < 4.78 is 41.7. The average molecular weight is 617 g/mol. The molecule has 2 N–H and O–H groups in total. The summed E-state index contributed by atoms with van der Waals surface area (Å²) >= 11 is 6.52. The van der Waals surface area contributed by atoms with Gasteiger partial charge in [0.2, 0.25) is 0 Å². The Kier molecular flexibility index (Phi) is 8.52. The topological polar surface area (TPSA) is 113 Å². The van der Waals surface area contributed by atoms with E-state index in [1.54, 1.807) is 24.4 Å². The van der Waals surface area contributed by atoms with Crippen molar-refractivity contribution in [3.63, 3.8) is 0 Å². The molecule has 230 valence electrons. The van der Waals surface area contributed by atoms with Crippen molar-refractivity contribution in [1.29, 1.82) is 0 Å². The normalized spacial score (nSPS) is 24.0. The van der Waals surface area contributed by atoms with E-state index in [0.717, 1.165) is 25.9 Å². The Morgan fingerprint density at radius 1 is 1.30 bits per heavy atom. The molecular formula is C30H35ClF2N6O4. The number of ether oxygens (including phenoxy) is 2. The number of hydrogen-bond acceptors (Lipinski definition) is 9. The maximum Gasteiger partial charge on any atom is 0.505 e. The van der Waals surface area contributed by atoms with Gasteiger partial charge in [-0.1, -0.05) is 30.7 Å². The quantitative estimate of drug-likeness (QED) is 0.250. The van der Waals surface area contributed by atoms with Crippen LogP contribution in [-0.4, -0.2) is 88.9 Å². The Morgan fingerprint density at radius 2 is 2.16 bits per heavy atom. The minimum atomic E-state index is -1.36. The molecular weight excluding hydrogens is 582 g/mol. The number of halogens is 3. The number of alkyl halides is 1. The van der Waals surface area contributed by atoms with Gasteiger partial charge in [-0.05, 0) is 49.8 Å². The monoisotopic (exact) mass is 616 g/mol. The SMILES string of the molecule is C[C@@H]1CNCN(c2nc(OC[C@@]34CCCN3C[C@H](F)C4)nc3c(F)c(-c4cccc(Cl)c4CCCOC(=O)O)ncc23)C1. The molecule has 1 aromatic carbocycles. The highest BCUT2D eigenvalue weighted by molar-refractivity contribution is 6.31. The second kappa shape index (κ2) is 12.3. The number of nitrogens with zero attached hydrogens (tertiary/aromatic N) is 5. The van der Waals surface area contributed by atoms with E-state index in [2.05, 4.69) is 31.8 Å². The summed E-state index contributed by atoms with van der Waals surface area (Å²) in [5.41, 5.74) is 0.853. The zero-order valence-electron chi connectivity index (χ0n) is 24.0. The highest BCUT2D eigenvalue weighted by atomic mass is 35.5. The summed E-state index contributed by atoms with van der Waals surface area (Å²) in [6.45, 7) is 5.66. The second-order valence-electron chi connectivity index (χ2n) is 11.8. The summed E-state index contributed by atoms with van der Waals surface area (Å²) in [4.78, 5) is 28.8. The fourth-order valence-corrected chi connectivity index (χ4v) is 6.99. The average Bonchev–Trinajstić information content (AvgIpc) is 3.50. The first kappa shape index (κ1) is 29.7. The largest absolute Gasteiger partial charge is 0.505 e. The third kappa shape index (κ3) is 6.05. The zero-order chi connectivity index (χ0) is 30.1. The predicted molar refractivity (Wildman–Crippen MR) is 158 cm³/mol. The number of benzene rings is 1. The molecule has 6 rings (SSSR count). The number of carbonyl (C=O) groups is 1. The molecule has 0 unspecified atom stereocenters. The fourth-order valence-electron chi connectivity index (χ4n) is 6.72. The molecule has 0 amide bonds.